The summed E-state index contributed by atoms with van der Waals surface area (Å²) in [5, 5.41) is 12.2. The summed E-state index contributed by atoms with van der Waals surface area (Å²) in [6.45, 7) is 4.38. The van der Waals surface area contributed by atoms with Gasteiger partial charge in [0.05, 0.1) is 42.0 Å². The van der Waals surface area contributed by atoms with Crippen molar-refractivity contribution in [2.75, 3.05) is 24.5 Å². The Morgan fingerprint density at radius 3 is 2.29 bits per heavy atom. The van der Waals surface area contributed by atoms with Crippen molar-refractivity contribution in [2.24, 2.45) is 5.92 Å². The zero-order valence-corrected chi connectivity index (χ0v) is 31.1. The molecule has 0 aliphatic carbocycles. The van der Waals surface area contributed by atoms with Crippen LogP contribution in [0, 0.1) is 5.92 Å². The van der Waals surface area contributed by atoms with Gasteiger partial charge in [0.25, 0.3) is 5.91 Å². The van der Waals surface area contributed by atoms with Gasteiger partial charge >= 0.3 is 11.8 Å². The molecule has 4 aromatic carbocycles. The molecule has 13 nitrogen and oxygen atoms in total. The van der Waals surface area contributed by atoms with Crippen LogP contribution < -0.4 is 15.9 Å². The number of anilines is 1. The smallest absolute Gasteiger partial charge is 0.408 e. The molecule has 3 amide bonds. The summed E-state index contributed by atoms with van der Waals surface area (Å²) >= 11 is 0. The van der Waals surface area contributed by atoms with Gasteiger partial charge in [0, 0.05) is 37.2 Å². The third-order valence-electron chi connectivity index (χ3n) is 11.2. The number of alkyl carbamates (subject to hydrolysis) is 1. The van der Waals surface area contributed by atoms with E-state index in [9.17, 15) is 24.3 Å². The maximum atomic E-state index is 13.3. The number of aliphatic hydroxyl groups excluding tert-OH is 1. The van der Waals surface area contributed by atoms with Gasteiger partial charge in [-0.2, -0.15) is 0 Å². The van der Waals surface area contributed by atoms with Crippen LogP contribution in [0.25, 0.3) is 11.0 Å². The van der Waals surface area contributed by atoms with Crippen molar-refractivity contribution >= 4 is 34.6 Å². The van der Waals surface area contributed by atoms with Crippen LogP contribution in [-0.2, 0) is 37.0 Å². The van der Waals surface area contributed by atoms with Crippen LogP contribution in [0.1, 0.15) is 66.9 Å². The fraction of sp³-hybridized carbons (Fsp3) is 0.349. The Bertz CT molecular complexity index is 2230. The van der Waals surface area contributed by atoms with Gasteiger partial charge in [-0.25, -0.2) is 14.5 Å². The van der Waals surface area contributed by atoms with Crippen LogP contribution in [0.4, 0.5) is 10.5 Å². The highest BCUT2D eigenvalue weighted by Gasteiger charge is 2.42. The van der Waals surface area contributed by atoms with E-state index in [-0.39, 0.29) is 49.5 Å². The summed E-state index contributed by atoms with van der Waals surface area (Å²) in [4.78, 5) is 58.2. The number of aliphatic hydroxyl groups is 1. The average Bonchev–Trinajstić information content (AvgIpc) is 3.71. The number of nitrogens with zero attached hydrogens (tertiary/aromatic N) is 3. The van der Waals surface area contributed by atoms with Gasteiger partial charge in [-0.1, -0.05) is 85.8 Å². The molecule has 5 aromatic rings. The van der Waals surface area contributed by atoms with E-state index in [0.717, 1.165) is 64.1 Å². The number of imidazole rings is 1. The van der Waals surface area contributed by atoms with Gasteiger partial charge in [-0.3, -0.25) is 14.2 Å². The second kappa shape index (κ2) is 16.2. The fourth-order valence-corrected chi connectivity index (χ4v) is 8.08. The van der Waals surface area contributed by atoms with Crippen LogP contribution in [0.15, 0.2) is 108 Å². The number of piperidine rings is 1. The van der Waals surface area contributed by atoms with Gasteiger partial charge in [0.15, 0.2) is 6.29 Å². The number of rotatable bonds is 10. The number of fused-ring (bicyclic) bond motifs is 1. The Kier molecular flexibility index (Phi) is 10.8. The number of benzene rings is 4. The Labute approximate surface area is 323 Å². The summed E-state index contributed by atoms with van der Waals surface area (Å²) in [5.74, 6) is -0.994. The summed E-state index contributed by atoms with van der Waals surface area (Å²) in [6, 6.07) is 30.7. The summed E-state index contributed by atoms with van der Waals surface area (Å²) < 4.78 is 20.5. The predicted molar refractivity (Wildman–Crippen MR) is 207 cm³/mol. The Morgan fingerprint density at radius 2 is 1.55 bits per heavy atom. The highest BCUT2D eigenvalue weighted by Crippen LogP contribution is 2.42. The topological polar surface area (TPSA) is 155 Å². The number of hydrogen-bond donors (Lipinski definition) is 3. The molecule has 13 heteroatoms. The van der Waals surface area contributed by atoms with Crippen molar-refractivity contribution < 1.29 is 33.7 Å². The number of nitrogens with one attached hydrogen (secondary N) is 2. The Balaban J connectivity index is 0.948. The molecular formula is C43H45N5O8. The van der Waals surface area contributed by atoms with E-state index in [2.05, 4.69) is 22.1 Å². The summed E-state index contributed by atoms with van der Waals surface area (Å²) in [5.41, 5.74) is 5.37. The second-order valence-corrected chi connectivity index (χ2v) is 14.8. The lowest BCUT2D eigenvalue weighted by atomic mass is 9.89. The van der Waals surface area contributed by atoms with Crippen molar-refractivity contribution in [3.05, 3.63) is 136 Å². The minimum atomic E-state index is -1.04. The number of imide groups is 1. The normalized spacial score (nSPS) is 23.5. The van der Waals surface area contributed by atoms with Gasteiger partial charge in [0.2, 0.25) is 5.91 Å². The van der Waals surface area contributed by atoms with Crippen molar-refractivity contribution in [3.8, 4) is 0 Å². The Morgan fingerprint density at radius 1 is 0.857 bits per heavy atom. The van der Waals surface area contributed by atoms with Gasteiger partial charge in [0.1, 0.15) is 12.6 Å². The maximum Gasteiger partial charge on any atom is 0.408 e. The van der Waals surface area contributed by atoms with Crippen molar-refractivity contribution in [3.63, 3.8) is 0 Å². The minimum Gasteiger partial charge on any atom is -0.445 e. The molecule has 3 fully saturated rings. The molecule has 56 heavy (non-hydrogen) atoms. The fourth-order valence-electron chi connectivity index (χ4n) is 8.08. The third kappa shape index (κ3) is 7.76. The first-order chi connectivity index (χ1) is 27.2. The number of aromatic amines is 1. The highest BCUT2D eigenvalue weighted by atomic mass is 16.7. The lowest BCUT2D eigenvalue weighted by molar-refractivity contribution is -0.276. The number of carbonyl (C=O) groups excluding carboxylic acids is 3. The number of para-hydroxylation sites is 2. The number of H-pyrrole nitrogens is 1. The monoisotopic (exact) mass is 759 g/mol. The molecule has 5 atom stereocenters. The highest BCUT2D eigenvalue weighted by molar-refractivity contribution is 6.22. The van der Waals surface area contributed by atoms with Crippen LogP contribution >= 0.6 is 0 Å². The molecule has 8 rings (SSSR count). The van der Waals surface area contributed by atoms with Crippen LogP contribution in [-0.4, -0.2) is 69.2 Å². The molecule has 1 aromatic heterocycles. The molecule has 3 aliphatic rings. The summed E-state index contributed by atoms with van der Waals surface area (Å²) in [6.07, 6.45) is -0.564. The number of ether oxygens (including phenoxy) is 3. The average molecular weight is 760 g/mol. The van der Waals surface area contributed by atoms with Crippen molar-refractivity contribution in [1.29, 1.82) is 0 Å². The van der Waals surface area contributed by atoms with E-state index in [1.165, 1.54) is 0 Å². The molecule has 0 saturated carbocycles. The van der Waals surface area contributed by atoms with Crippen LogP contribution in [0.3, 0.4) is 0 Å². The molecule has 290 valence electrons. The summed E-state index contributed by atoms with van der Waals surface area (Å²) in [7, 11) is 0. The molecule has 4 heterocycles. The quantitative estimate of drug-likeness (QED) is 0.157. The molecule has 0 radical (unpaired) electrons. The van der Waals surface area contributed by atoms with Crippen molar-refractivity contribution in [2.45, 2.75) is 70.0 Å². The number of aromatic nitrogens is 2. The van der Waals surface area contributed by atoms with Gasteiger partial charge in [-0.05, 0) is 53.8 Å². The molecule has 0 bridgehead atoms. The first kappa shape index (κ1) is 37.3. The zero-order chi connectivity index (χ0) is 38.8. The van der Waals surface area contributed by atoms with E-state index in [0.29, 0.717) is 12.2 Å². The van der Waals surface area contributed by atoms with Gasteiger partial charge in [-0.15, -0.1) is 0 Å². The predicted octanol–water partition coefficient (Wildman–Crippen LogP) is 5.51. The molecule has 3 N–H and O–H groups in total. The standard InChI is InChI=1S/C43H45N5O8/c1-27-37(24-46-21-19-33(20-22-46)47-36-10-6-5-9-34(36)44-42(47)52)55-41(56-39(27)30-13-11-28(25-49)12-14-30)31-15-17-32(18-16-31)48-38(50)23-35(40(48)51)45-43(53)54-26-29-7-3-2-4-8-29/h2-18,27,33,35,37,39,41,49H,19-26H2,1H3,(H,44,52)(H,45,53)/t27-,35?,37+,39+,41+/m1/s1. The lowest BCUT2D eigenvalue weighted by Gasteiger charge is -2.44. The second-order valence-electron chi connectivity index (χ2n) is 14.8. The lowest BCUT2D eigenvalue weighted by Crippen LogP contribution is -2.47. The molecular weight excluding hydrogens is 715 g/mol. The maximum absolute atomic E-state index is 13.3. The van der Waals surface area contributed by atoms with E-state index in [1.54, 1.807) is 24.3 Å². The largest absolute Gasteiger partial charge is 0.445 e. The number of carbonyl (C=O) groups is 3. The molecule has 3 saturated heterocycles. The van der Waals surface area contributed by atoms with E-state index in [1.807, 2.05) is 83.4 Å². The third-order valence-corrected chi connectivity index (χ3v) is 11.2. The SMILES string of the molecule is C[C@@H]1[C@H](CN2CCC(n3c(=O)[nH]c4ccccc43)CC2)O[C@H](c2ccc(N3C(=O)CC(NC(=O)OCc4ccccc4)C3=O)cc2)O[C@@H]1c1ccc(CO)cc1. The van der Waals surface area contributed by atoms with Gasteiger partial charge < -0.3 is 34.5 Å². The van der Waals surface area contributed by atoms with E-state index in [4.69, 9.17) is 14.2 Å². The zero-order valence-electron chi connectivity index (χ0n) is 31.1. The number of likely N-dealkylation sites (tertiary alicyclic amines) is 1. The van der Waals surface area contributed by atoms with Crippen LogP contribution in [0.5, 0.6) is 0 Å². The first-order valence-corrected chi connectivity index (χ1v) is 19.1. The molecule has 0 spiro atoms. The van der Waals surface area contributed by atoms with Crippen LogP contribution in [0.2, 0.25) is 0 Å². The Hall–Kier alpha value is -5.60. The van der Waals surface area contributed by atoms with E-state index >= 15 is 0 Å². The molecule has 3 aliphatic heterocycles. The van der Waals surface area contributed by atoms with Crippen molar-refractivity contribution in [1.82, 2.24) is 19.8 Å². The number of hydrogen-bond acceptors (Lipinski definition) is 9. The minimum absolute atomic E-state index is 0.0249. The first-order valence-electron chi connectivity index (χ1n) is 19.1. The number of amides is 3. The molecule has 1 unspecified atom stereocenters. The van der Waals surface area contributed by atoms with E-state index < -0.39 is 30.2 Å².